The Kier molecular flexibility index (Phi) is 10.8. The molecule has 0 aromatic carbocycles. The van der Waals surface area contributed by atoms with Crippen molar-refractivity contribution in [3.05, 3.63) is 0 Å². The highest BCUT2D eigenvalue weighted by molar-refractivity contribution is 6.53. The zero-order valence-electron chi connectivity index (χ0n) is 15.2. The van der Waals surface area contributed by atoms with Crippen LogP contribution in [0.1, 0.15) is 80.6 Å². The molecule has 0 atom stereocenters. The number of hydrogen-bond donors (Lipinski definition) is 0. The lowest BCUT2D eigenvalue weighted by Gasteiger charge is -2.40. The van der Waals surface area contributed by atoms with E-state index in [0.29, 0.717) is 13.2 Å². The van der Waals surface area contributed by atoms with Gasteiger partial charge in [0.2, 0.25) is 0 Å². The van der Waals surface area contributed by atoms with Crippen molar-refractivity contribution in [1.82, 2.24) is 0 Å². The highest BCUT2D eigenvalue weighted by atomic mass is 28.4. The van der Waals surface area contributed by atoms with E-state index >= 15 is 0 Å². The smallest absolute Gasteiger partial charge is 0.351 e. The number of rotatable bonds is 13. The monoisotopic (exact) mass is 320 g/mol. The molecular formula is C16H36O4Si. The molecule has 4 nitrogen and oxygen atoms in total. The number of hydrogen-bond acceptors (Lipinski definition) is 4. The van der Waals surface area contributed by atoms with E-state index in [0.717, 1.165) is 32.1 Å². The molecule has 0 amide bonds. The Hall–Kier alpha value is 0.0569. The van der Waals surface area contributed by atoms with Crippen LogP contribution in [0.3, 0.4) is 0 Å². The second-order valence-corrected chi connectivity index (χ2v) is 7.29. The van der Waals surface area contributed by atoms with Crippen LogP contribution in [0.4, 0.5) is 0 Å². The highest BCUT2D eigenvalue weighted by Crippen LogP contribution is 2.31. The molecule has 0 aromatic heterocycles. The molecular weight excluding hydrogens is 284 g/mol. The van der Waals surface area contributed by atoms with E-state index in [1.54, 1.807) is 0 Å². The lowest BCUT2D eigenvalue weighted by Crippen LogP contribution is -2.56. The van der Waals surface area contributed by atoms with Gasteiger partial charge < -0.3 is 17.7 Å². The van der Waals surface area contributed by atoms with Gasteiger partial charge in [0.1, 0.15) is 0 Å². The first kappa shape index (κ1) is 21.1. The summed E-state index contributed by atoms with van der Waals surface area (Å²) in [4.78, 5) is 0. The quantitative estimate of drug-likeness (QED) is 0.461. The summed E-state index contributed by atoms with van der Waals surface area (Å²) in [5, 5.41) is 0. The maximum Gasteiger partial charge on any atom is 0.680 e. The van der Waals surface area contributed by atoms with Gasteiger partial charge in [0.15, 0.2) is 0 Å². The van der Waals surface area contributed by atoms with Crippen molar-refractivity contribution in [2.75, 3.05) is 13.2 Å². The van der Waals surface area contributed by atoms with Gasteiger partial charge in [0, 0.05) is 13.2 Å². The minimum Gasteiger partial charge on any atom is -0.351 e. The van der Waals surface area contributed by atoms with Crippen LogP contribution in [0.2, 0.25) is 0 Å². The molecule has 0 fully saturated rings. The topological polar surface area (TPSA) is 36.9 Å². The van der Waals surface area contributed by atoms with Crippen molar-refractivity contribution in [1.29, 1.82) is 0 Å². The molecule has 0 heterocycles. The average molecular weight is 321 g/mol. The summed E-state index contributed by atoms with van der Waals surface area (Å²) < 4.78 is 24.6. The van der Waals surface area contributed by atoms with E-state index in [1.165, 1.54) is 0 Å². The summed E-state index contributed by atoms with van der Waals surface area (Å²) in [6.45, 7) is 15.7. The summed E-state index contributed by atoms with van der Waals surface area (Å²) in [7, 11) is -3.10. The van der Waals surface area contributed by atoms with Crippen LogP contribution in [0.5, 0.6) is 0 Å². The van der Waals surface area contributed by atoms with Crippen molar-refractivity contribution in [3.8, 4) is 0 Å². The van der Waals surface area contributed by atoms with Crippen LogP contribution in [0.25, 0.3) is 0 Å². The Morgan fingerprint density at radius 3 is 1.48 bits per heavy atom. The molecule has 0 aromatic rings. The average Bonchev–Trinajstić information content (AvgIpc) is 2.51. The minimum atomic E-state index is -3.10. The lowest BCUT2D eigenvalue weighted by molar-refractivity contribution is -0.110. The van der Waals surface area contributed by atoms with E-state index in [-0.39, 0.29) is 11.7 Å². The fourth-order valence-corrected chi connectivity index (χ4v) is 5.23. The van der Waals surface area contributed by atoms with Gasteiger partial charge in [0.25, 0.3) is 0 Å². The standard InChI is InChI=1S/C16H36O4Si/c1-8-15(9-2)19-21(17-13-6,18-14-7)20-16(10-3,11-4)12-5/h15H,8-14H2,1-7H3. The van der Waals surface area contributed by atoms with Gasteiger partial charge in [-0.25, -0.2) is 0 Å². The van der Waals surface area contributed by atoms with Gasteiger partial charge in [-0.2, -0.15) is 0 Å². The van der Waals surface area contributed by atoms with Gasteiger partial charge in [0.05, 0.1) is 11.7 Å². The molecule has 0 saturated heterocycles. The zero-order valence-corrected chi connectivity index (χ0v) is 16.2. The normalized spacial score (nSPS) is 13.1. The molecule has 0 N–H and O–H groups in total. The van der Waals surface area contributed by atoms with E-state index in [9.17, 15) is 0 Å². The lowest BCUT2D eigenvalue weighted by atomic mass is 9.95. The maximum absolute atomic E-state index is 6.46. The Morgan fingerprint density at radius 2 is 1.19 bits per heavy atom. The molecule has 21 heavy (non-hydrogen) atoms. The molecule has 0 saturated carbocycles. The molecule has 0 rings (SSSR count). The van der Waals surface area contributed by atoms with E-state index in [1.807, 2.05) is 13.8 Å². The summed E-state index contributed by atoms with van der Waals surface area (Å²) in [5.41, 5.74) is -0.220. The Balaban J connectivity index is 5.33. The third-order valence-corrected chi connectivity index (χ3v) is 6.73. The third-order valence-electron chi connectivity index (χ3n) is 4.14. The molecule has 0 aliphatic carbocycles. The molecule has 0 aliphatic heterocycles. The second kappa shape index (κ2) is 10.7. The molecule has 0 spiro atoms. The van der Waals surface area contributed by atoms with Crippen molar-refractivity contribution < 1.29 is 17.7 Å². The van der Waals surface area contributed by atoms with Crippen LogP contribution in [-0.4, -0.2) is 34.0 Å². The van der Waals surface area contributed by atoms with Crippen LogP contribution in [0.15, 0.2) is 0 Å². The van der Waals surface area contributed by atoms with Crippen LogP contribution >= 0.6 is 0 Å². The fourth-order valence-electron chi connectivity index (χ4n) is 2.44. The molecule has 128 valence electrons. The first-order valence-electron chi connectivity index (χ1n) is 8.66. The Bertz CT molecular complexity index is 238. The Morgan fingerprint density at radius 1 is 0.762 bits per heavy atom. The Labute approximate surface area is 133 Å². The van der Waals surface area contributed by atoms with Crippen LogP contribution in [0, 0.1) is 0 Å². The highest BCUT2D eigenvalue weighted by Gasteiger charge is 2.51. The fraction of sp³-hybridized carbons (Fsp3) is 1.00. The second-order valence-electron chi connectivity index (χ2n) is 5.27. The zero-order chi connectivity index (χ0) is 16.4. The van der Waals surface area contributed by atoms with Crippen molar-refractivity contribution in [3.63, 3.8) is 0 Å². The van der Waals surface area contributed by atoms with Crippen molar-refractivity contribution in [2.45, 2.75) is 92.3 Å². The molecule has 0 unspecified atom stereocenters. The summed E-state index contributed by atoms with van der Waals surface area (Å²) in [6.07, 6.45) is 4.79. The first-order chi connectivity index (χ1) is 10.0. The summed E-state index contributed by atoms with van der Waals surface area (Å²) in [6, 6.07) is 0. The minimum absolute atomic E-state index is 0.123. The molecule has 0 aliphatic rings. The van der Waals surface area contributed by atoms with Crippen molar-refractivity contribution >= 4 is 9.05 Å². The first-order valence-corrected chi connectivity index (χ1v) is 10.3. The van der Waals surface area contributed by atoms with E-state index in [2.05, 4.69) is 34.6 Å². The van der Waals surface area contributed by atoms with Gasteiger partial charge in [-0.3, -0.25) is 0 Å². The molecule has 0 radical (unpaired) electrons. The largest absolute Gasteiger partial charge is 0.680 e. The van der Waals surface area contributed by atoms with Gasteiger partial charge >= 0.3 is 9.05 Å². The van der Waals surface area contributed by atoms with Crippen molar-refractivity contribution in [2.24, 2.45) is 0 Å². The maximum atomic E-state index is 6.46. The predicted molar refractivity (Wildman–Crippen MR) is 89.2 cm³/mol. The van der Waals surface area contributed by atoms with Gasteiger partial charge in [-0.1, -0.05) is 34.6 Å². The summed E-state index contributed by atoms with van der Waals surface area (Å²) in [5.74, 6) is 0. The van der Waals surface area contributed by atoms with Gasteiger partial charge in [-0.05, 0) is 46.0 Å². The van der Waals surface area contributed by atoms with E-state index < -0.39 is 9.05 Å². The van der Waals surface area contributed by atoms with Crippen LogP contribution < -0.4 is 0 Å². The predicted octanol–water partition coefficient (Wildman–Crippen LogP) is 4.69. The molecule has 0 bridgehead atoms. The SMILES string of the molecule is CCO[Si](OCC)(OC(CC)CC)OC(CC)(CC)CC. The summed E-state index contributed by atoms with van der Waals surface area (Å²) >= 11 is 0. The van der Waals surface area contributed by atoms with E-state index in [4.69, 9.17) is 17.7 Å². The molecule has 5 heteroatoms. The third kappa shape index (κ3) is 6.36. The van der Waals surface area contributed by atoms with Crippen LogP contribution in [-0.2, 0) is 17.7 Å². The van der Waals surface area contributed by atoms with Gasteiger partial charge in [-0.15, -0.1) is 0 Å².